The maximum Gasteiger partial charge on any atom is 0.226 e. The van der Waals surface area contributed by atoms with Crippen molar-refractivity contribution < 1.29 is 4.79 Å². The zero-order valence-corrected chi connectivity index (χ0v) is 11.8. The highest BCUT2D eigenvalue weighted by atomic mass is 16.2. The molecule has 104 valence electrons. The molecule has 0 bridgehead atoms. The molecule has 2 N–H and O–H groups in total. The van der Waals surface area contributed by atoms with E-state index in [2.05, 4.69) is 11.9 Å². The molecule has 1 fully saturated rings. The molecule has 0 aliphatic carbocycles. The van der Waals surface area contributed by atoms with Gasteiger partial charge in [-0.1, -0.05) is 12.1 Å². The normalized spacial score (nSPS) is 19.6. The highest BCUT2D eigenvalue weighted by molar-refractivity contribution is 5.78. The highest BCUT2D eigenvalue weighted by Gasteiger charge is 2.22. The third kappa shape index (κ3) is 3.96. The lowest BCUT2D eigenvalue weighted by Gasteiger charge is -2.21. The van der Waals surface area contributed by atoms with Crippen molar-refractivity contribution in [2.24, 2.45) is 5.92 Å². The molecule has 0 radical (unpaired) electrons. The predicted molar refractivity (Wildman–Crippen MR) is 77.8 cm³/mol. The summed E-state index contributed by atoms with van der Waals surface area (Å²) in [6.07, 6.45) is 1.62. The average Bonchev–Trinajstić information content (AvgIpc) is 2.74. The van der Waals surface area contributed by atoms with Crippen molar-refractivity contribution in [1.29, 1.82) is 0 Å². The van der Waals surface area contributed by atoms with Crippen molar-refractivity contribution in [3.8, 4) is 0 Å². The zero-order chi connectivity index (χ0) is 13.8. The van der Waals surface area contributed by atoms with Crippen molar-refractivity contribution in [1.82, 2.24) is 9.80 Å². The van der Waals surface area contributed by atoms with Crippen LogP contribution in [0.25, 0.3) is 0 Å². The third-order valence-corrected chi connectivity index (χ3v) is 3.75. The molecule has 1 atom stereocenters. The van der Waals surface area contributed by atoms with Crippen LogP contribution in [-0.2, 0) is 11.2 Å². The standard InChI is InChI=1S/C15H23N3O/c1-17-7-6-13(10-17)11-18(2)15(19)9-12-4-3-5-14(16)8-12/h3-5,8,13H,6-7,9-11,16H2,1-2H3. The molecule has 2 rings (SSSR count). The molecule has 1 unspecified atom stereocenters. The summed E-state index contributed by atoms with van der Waals surface area (Å²) in [7, 11) is 4.03. The molecule has 1 saturated heterocycles. The largest absolute Gasteiger partial charge is 0.399 e. The van der Waals surface area contributed by atoms with Gasteiger partial charge in [-0.05, 0) is 43.6 Å². The second-order valence-electron chi connectivity index (χ2n) is 5.61. The van der Waals surface area contributed by atoms with E-state index in [1.807, 2.05) is 36.2 Å². The number of hydrogen-bond donors (Lipinski definition) is 1. The van der Waals surface area contributed by atoms with Crippen molar-refractivity contribution in [2.75, 3.05) is 39.5 Å². The Kier molecular flexibility index (Phi) is 4.43. The summed E-state index contributed by atoms with van der Waals surface area (Å²) in [5, 5.41) is 0. The van der Waals surface area contributed by atoms with Gasteiger partial charge in [-0.25, -0.2) is 0 Å². The first-order chi connectivity index (χ1) is 9.04. The Hall–Kier alpha value is -1.55. The number of anilines is 1. The van der Waals surface area contributed by atoms with Crippen LogP contribution in [0.5, 0.6) is 0 Å². The summed E-state index contributed by atoms with van der Waals surface area (Å²) < 4.78 is 0. The lowest BCUT2D eigenvalue weighted by Crippen LogP contribution is -2.33. The minimum absolute atomic E-state index is 0.167. The molecular formula is C15H23N3O. The van der Waals surface area contributed by atoms with Gasteiger partial charge in [0.15, 0.2) is 0 Å². The number of likely N-dealkylation sites (tertiary alicyclic amines) is 1. The molecule has 0 saturated carbocycles. The molecule has 4 heteroatoms. The third-order valence-electron chi connectivity index (χ3n) is 3.75. The van der Waals surface area contributed by atoms with Crippen molar-refractivity contribution in [2.45, 2.75) is 12.8 Å². The molecule has 4 nitrogen and oxygen atoms in total. The van der Waals surface area contributed by atoms with Gasteiger partial charge in [-0.2, -0.15) is 0 Å². The quantitative estimate of drug-likeness (QED) is 0.829. The van der Waals surface area contributed by atoms with Crippen molar-refractivity contribution in [3.05, 3.63) is 29.8 Å². The Morgan fingerprint density at radius 3 is 2.95 bits per heavy atom. The van der Waals surface area contributed by atoms with Crippen LogP contribution in [0.2, 0.25) is 0 Å². The summed E-state index contributed by atoms with van der Waals surface area (Å²) in [4.78, 5) is 16.3. The topological polar surface area (TPSA) is 49.6 Å². The fraction of sp³-hybridized carbons (Fsp3) is 0.533. The number of rotatable bonds is 4. The van der Waals surface area contributed by atoms with Gasteiger partial charge in [0.05, 0.1) is 6.42 Å². The fourth-order valence-electron chi connectivity index (χ4n) is 2.68. The average molecular weight is 261 g/mol. The number of carbonyl (C=O) groups excluding carboxylic acids is 1. The summed E-state index contributed by atoms with van der Waals surface area (Å²) in [6, 6.07) is 7.55. The first kappa shape index (κ1) is 13.9. The molecule has 0 spiro atoms. The van der Waals surface area contributed by atoms with E-state index >= 15 is 0 Å². The Morgan fingerprint density at radius 2 is 2.32 bits per heavy atom. The molecule has 1 aliphatic rings. The smallest absolute Gasteiger partial charge is 0.226 e. The van der Waals surface area contributed by atoms with Crippen LogP contribution in [0.1, 0.15) is 12.0 Å². The number of hydrogen-bond acceptors (Lipinski definition) is 3. The second-order valence-corrected chi connectivity index (χ2v) is 5.61. The maximum atomic E-state index is 12.2. The number of likely N-dealkylation sites (N-methyl/N-ethyl adjacent to an activating group) is 1. The lowest BCUT2D eigenvalue weighted by atomic mass is 10.1. The van der Waals surface area contributed by atoms with Crippen LogP contribution < -0.4 is 5.73 Å². The number of nitrogens with zero attached hydrogens (tertiary/aromatic N) is 2. The first-order valence-corrected chi connectivity index (χ1v) is 6.81. The Bertz CT molecular complexity index is 447. The second kappa shape index (κ2) is 6.06. The molecule has 0 aromatic heterocycles. The molecule has 19 heavy (non-hydrogen) atoms. The SMILES string of the molecule is CN1CCC(CN(C)C(=O)Cc2cccc(N)c2)C1. The van der Waals surface area contributed by atoms with Crippen LogP contribution in [0, 0.1) is 5.92 Å². The zero-order valence-electron chi connectivity index (χ0n) is 11.8. The van der Waals surface area contributed by atoms with Gasteiger partial charge >= 0.3 is 0 Å². The van der Waals surface area contributed by atoms with Crippen LogP contribution in [0.4, 0.5) is 5.69 Å². The minimum atomic E-state index is 0.167. The molecule has 1 aromatic rings. The fourth-order valence-corrected chi connectivity index (χ4v) is 2.68. The van der Waals surface area contributed by atoms with Gasteiger partial charge in [0.25, 0.3) is 0 Å². The van der Waals surface area contributed by atoms with E-state index in [-0.39, 0.29) is 5.91 Å². The van der Waals surface area contributed by atoms with Gasteiger partial charge in [0, 0.05) is 25.8 Å². The minimum Gasteiger partial charge on any atom is -0.399 e. The van der Waals surface area contributed by atoms with Gasteiger partial charge in [0.2, 0.25) is 5.91 Å². The molecule has 1 heterocycles. The van der Waals surface area contributed by atoms with E-state index in [9.17, 15) is 4.79 Å². The molecule has 1 aliphatic heterocycles. The summed E-state index contributed by atoms with van der Waals surface area (Å²) >= 11 is 0. The van der Waals surface area contributed by atoms with Gasteiger partial charge in [-0.15, -0.1) is 0 Å². The van der Waals surface area contributed by atoms with Gasteiger partial charge in [-0.3, -0.25) is 4.79 Å². The number of amides is 1. The van der Waals surface area contributed by atoms with Crippen molar-refractivity contribution in [3.63, 3.8) is 0 Å². The Balaban J connectivity index is 1.85. The van der Waals surface area contributed by atoms with Crippen molar-refractivity contribution >= 4 is 11.6 Å². The molecule has 1 amide bonds. The van der Waals surface area contributed by atoms with Gasteiger partial charge < -0.3 is 15.5 Å². The van der Waals surface area contributed by atoms with Crippen LogP contribution in [0.15, 0.2) is 24.3 Å². The summed E-state index contributed by atoms with van der Waals surface area (Å²) in [5.41, 5.74) is 7.43. The highest BCUT2D eigenvalue weighted by Crippen LogP contribution is 2.16. The number of nitrogen functional groups attached to an aromatic ring is 1. The first-order valence-electron chi connectivity index (χ1n) is 6.81. The summed E-state index contributed by atoms with van der Waals surface area (Å²) in [5.74, 6) is 0.778. The van der Waals surface area contributed by atoms with E-state index in [0.29, 0.717) is 18.0 Å². The van der Waals surface area contributed by atoms with Gasteiger partial charge in [0.1, 0.15) is 0 Å². The van der Waals surface area contributed by atoms with E-state index < -0.39 is 0 Å². The van der Waals surface area contributed by atoms with Crippen LogP contribution in [0.3, 0.4) is 0 Å². The number of benzene rings is 1. The predicted octanol–water partition coefficient (Wildman–Crippen LogP) is 1.22. The van der Waals surface area contributed by atoms with Crippen LogP contribution in [-0.4, -0.2) is 49.4 Å². The number of nitrogens with two attached hydrogens (primary N) is 1. The summed E-state index contributed by atoms with van der Waals surface area (Å²) in [6.45, 7) is 3.09. The van der Waals surface area contributed by atoms with E-state index in [1.165, 1.54) is 6.42 Å². The monoisotopic (exact) mass is 261 g/mol. The molecule has 1 aromatic carbocycles. The number of carbonyl (C=O) groups is 1. The van der Waals surface area contributed by atoms with E-state index in [4.69, 9.17) is 5.73 Å². The van der Waals surface area contributed by atoms with E-state index in [1.54, 1.807) is 0 Å². The van der Waals surface area contributed by atoms with Crippen LogP contribution >= 0.6 is 0 Å². The Labute approximate surface area is 115 Å². The Morgan fingerprint density at radius 1 is 1.53 bits per heavy atom. The maximum absolute atomic E-state index is 12.2. The molecular weight excluding hydrogens is 238 g/mol. The lowest BCUT2D eigenvalue weighted by molar-refractivity contribution is -0.129. The van der Waals surface area contributed by atoms with E-state index in [0.717, 1.165) is 25.2 Å².